The Morgan fingerprint density at radius 1 is 1.05 bits per heavy atom. The van der Waals surface area contributed by atoms with Crippen molar-refractivity contribution in [1.82, 2.24) is 10.6 Å². The van der Waals surface area contributed by atoms with Gasteiger partial charge in [-0.2, -0.15) is 25.3 Å². The molecule has 0 aromatic heterocycles. The summed E-state index contributed by atoms with van der Waals surface area (Å²) in [4.78, 5) is 33.8. The Bertz CT molecular complexity index is 342. The number of hydrogen-bond donors (Lipinski definition) is 7. The van der Waals surface area contributed by atoms with Crippen LogP contribution in [0.2, 0.25) is 0 Å². The number of thiol groups is 2. The summed E-state index contributed by atoms with van der Waals surface area (Å²) < 4.78 is 0. The fourth-order valence-electron chi connectivity index (χ4n) is 1.01. The van der Waals surface area contributed by atoms with Crippen molar-refractivity contribution in [2.75, 3.05) is 18.1 Å². The van der Waals surface area contributed by atoms with Gasteiger partial charge in [-0.3, -0.25) is 9.59 Å². The van der Waals surface area contributed by atoms with Crippen LogP contribution in [0.4, 0.5) is 0 Å². The number of aliphatic hydroxyl groups excluding tert-OH is 1. The highest BCUT2D eigenvalue weighted by molar-refractivity contribution is 7.80. The number of nitrogens with two attached hydrogens (primary N) is 1. The van der Waals surface area contributed by atoms with Gasteiger partial charge in [0.05, 0.1) is 12.6 Å². The first-order valence-electron chi connectivity index (χ1n) is 5.29. The molecule has 0 aromatic carbocycles. The molecule has 6 N–H and O–H groups in total. The second-order valence-corrected chi connectivity index (χ2v) is 4.35. The van der Waals surface area contributed by atoms with E-state index in [4.69, 9.17) is 15.9 Å². The summed E-state index contributed by atoms with van der Waals surface area (Å²) in [5.41, 5.74) is 5.39. The molecule has 3 atom stereocenters. The molecular weight excluding hydrogens is 294 g/mol. The SMILES string of the molecule is N[C@@H](CS)C(=O)N[C@@H](CO)C(=O)N[C@@H](CS)C(=O)O. The summed E-state index contributed by atoms with van der Waals surface area (Å²) in [5.74, 6) is -2.81. The summed E-state index contributed by atoms with van der Waals surface area (Å²) in [6.45, 7) is -0.685. The molecule has 0 aromatic rings. The Morgan fingerprint density at radius 3 is 1.95 bits per heavy atom. The fraction of sp³-hybridized carbons (Fsp3) is 0.667. The van der Waals surface area contributed by atoms with Gasteiger partial charge in [0.2, 0.25) is 11.8 Å². The molecule has 0 bridgehead atoms. The molecule has 0 aliphatic carbocycles. The minimum atomic E-state index is -1.28. The molecule has 0 aliphatic heterocycles. The van der Waals surface area contributed by atoms with E-state index >= 15 is 0 Å². The predicted molar refractivity (Wildman–Crippen MR) is 74.3 cm³/mol. The van der Waals surface area contributed by atoms with Gasteiger partial charge in [0.15, 0.2) is 0 Å². The molecule has 0 rings (SSSR count). The van der Waals surface area contributed by atoms with E-state index in [-0.39, 0.29) is 11.5 Å². The van der Waals surface area contributed by atoms with E-state index in [9.17, 15) is 14.4 Å². The molecule has 8 nitrogen and oxygen atoms in total. The lowest BCUT2D eigenvalue weighted by atomic mass is 10.2. The fourth-order valence-corrected chi connectivity index (χ4v) is 1.43. The van der Waals surface area contributed by atoms with Gasteiger partial charge in [-0.15, -0.1) is 0 Å². The van der Waals surface area contributed by atoms with Crippen molar-refractivity contribution in [3.8, 4) is 0 Å². The molecule has 0 heterocycles. The van der Waals surface area contributed by atoms with Crippen LogP contribution in [-0.4, -0.2) is 64.2 Å². The van der Waals surface area contributed by atoms with Gasteiger partial charge in [-0.25, -0.2) is 4.79 Å². The Kier molecular flexibility index (Phi) is 8.56. The van der Waals surface area contributed by atoms with Gasteiger partial charge in [0, 0.05) is 11.5 Å². The van der Waals surface area contributed by atoms with E-state index in [1.54, 1.807) is 0 Å². The van der Waals surface area contributed by atoms with Crippen LogP contribution >= 0.6 is 25.3 Å². The molecule has 10 heteroatoms. The van der Waals surface area contributed by atoms with E-state index in [0.717, 1.165) is 0 Å². The number of rotatable bonds is 8. The molecule has 0 aliphatic rings. The number of aliphatic hydroxyl groups is 1. The number of carboxylic acid groups (broad SMARTS) is 1. The maximum atomic E-state index is 11.7. The van der Waals surface area contributed by atoms with Gasteiger partial charge in [0.1, 0.15) is 12.1 Å². The van der Waals surface area contributed by atoms with Crippen LogP contribution in [0.15, 0.2) is 0 Å². The Labute approximate surface area is 120 Å². The zero-order chi connectivity index (χ0) is 15.0. The Balaban J connectivity index is 4.56. The van der Waals surface area contributed by atoms with Gasteiger partial charge < -0.3 is 26.6 Å². The molecule has 0 spiro atoms. The molecule has 2 amide bonds. The average molecular weight is 311 g/mol. The molecule has 110 valence electrons. The average Bonchev–Trinajstić information content (AvgIpc) is 2.39. The number of nitrogens with one attached hydrogen (secondary N) is 2. The van der Waals surface area contributed by atoms with E-state index in [1.807, 2.05) is 0 Å². The van der Waals surface area contributed by atoms with Crippen LogP contribution in [0.25, 0.3) is 0 Å². The molecule has 19 heavy (non-hydrogen) atoms. The van der Waals surface area contributed by atoms with Crippen molar-refractivity contribution >= 4 is 43.0 Å². The topological polar surface area (TPSA) is 142 Å². The molecule has 0 radical (unpaired) electrons. The normalized spacial score (nSPS) is 15.2. The third-order valence-corrected chi connectivity index (χ3v) is 2.90. The highest BCUT2D eigenvalue weighted by Gasteiger charge is 2.26. The van der Waals surface area contributed by atoms with E-state index in [0.29, 0.717) is 0 Å². The van der Waals surface area contributed by atoms with E-state index in [1.165, 1.54) is 0 Å². The minimum Gasteiger partial charge on any atom is -0.480 e. The monoisotopic (exact) mass is 311 g/mol. The summed E-state index contributed by atoms with van der Waals surface area (Å²) in [7, 11) is 0. The zero-order valence-electron chi connectivity index (χ0n) is 9.94. The molecule has 0 saturated carbocycles. The molecule has 0 fully saturated rings. The summed E-state index contributed by atoms with van der Waals surface area (Å²) in [6.07, 6.45) is 0. The maximum Gasteiger partial charge on any atom is 0.327 e. The summed E-state index contributed by atoms with van der Waals surface area (Å²) in [5, 5.41) is 22.1. The van der Waals surface area contributed by atoms with Crippen LogP contribution < -0.4 is 16.4 Å². The second kappa shape index (κ2) is 9.02. The zero-order valence-corrected chi connectivity index (χ0v) is 11.7. The first-order chi connectivity index (χ1) is 8.87. The molecular formula is C9H17N3O5S2. The first-order valence-corrected chi connectivity index (χ1v) is 6.55. The highest BCUT2D eigenvalue weighted by Crippen LogP contribution is 1.93. The van der Waals surface area contributed by atoms with Crippen molar-refractivity contribution < 1.29 is 24.6 Å². The number of aliphatic carboxylic acids is 1. The van der Waals surface area contributed by atoms with Gasteiger partial charge >= 0.3 is 5.97 Å². The van der Waals surface area contributed by atoms with Crippen LogP contribution in [-0.2, 0) is 14.4 Å². The van der Waals surface area contributed by atoms with Crippen molar-refractivity contribution in [2.45, 2.75) is 18.1 Å². The quantitative estimate of drug-likeness (QED) is 0.242. The van der Waals surface area contributed by atoms with Crippen LogP contribution in [0.1, 0.15) is 0 Å². The largest absolute Gasteiger partial charge is 0.480 e. The molecule has 0 unspecified atom stereocenters. The standard InChI is InChI=1S/C9H17N3O5S2/c10-4(2-18)7(14)11-5(1-13)8(15)12-6(3-19)9(16)17/h4-6,13,18-19H,1-3,10H2,(H,11,14)(H,12,15)(H,16,17)/t4-,5-,6-/m0/s1. The number of carboxylic acids is 1. The van der Waals surface area contributed by atoms with Gasteiger partial charge in [-0.05, 0) is 0 Å². The number of amides is 2. The second-order valence-electron chi connectivity index (χ2n) is 3.61. The lowest BCUT2D eigenvalue weighted by molar-refractivity contribution is -0.141. The lowest BCUT2D eigenvalue weighted by Gasteiger charge is -2.20. The van der Waals surface area contributed by atoms with Crippen LogP contribution in [0, 0.1) is 0 Å². The first kappa shape index (κ1) is 18.0. The number of carbonyl (C=O) groups is 3. The van der Waals surface area contributed by atoms with Crippen LogP contribution in [0.3, 0.4) is 0 Å². The van der Waals surface area contributed by atoms with E-state index < -0.39 is 42.5 Å². The van der Waals surface area contributed by atoms with Crippen LogP contribution in [0.5, 0.6) is 0 Å². The van der Waals surface area contributed by atoms with Crippen molar-refractivity contribution in [2.24, 2.45) is 5.73 Å². The lowest BCUT2D eigenvalue weighted by Crippen LogP contribution is -2.56. The van der Waals surface area contributed by atoms with E-state index in [2.05, 4.69) is 35.9 Å². The Morgan fingerprint density at radius 2 is 1.58 bits per heavy atom. The number of carbonyl (C=O) groups excluding carboxylic acids is 2. The predicted octanol–water partition coefficient (Wildman–Crippen LogP) is -2.78. The minimum absolute atomic E-state index is 0.0694. The number of hydrogen-bond acceptors (Lipinski definition) is 7. The van der Waals surface area contributed by atoms with Crippen molar-refractivity contribution in [3.63, 3.8) is 0 Å². The summed E-state index contributed by atoms with van der Waals surface area (Å²) >= 11 is 7.59. The highest BCUT2D eigenvalue weighted by atomic mass is 32.1. The third kappa shape index (κ3) is 6.14. The third-order valence-electron chi connectivity index (χ3n) is 2.15. The smallest absolute Gasteiger partial charge is 0.327 e. The van der Waals surface area contributed by atoms with Crippen molar-refractivity contribution in [1.29, 1.82) is 0 Å². The van der Waals surface area contributed by atoms with Gasteiger partial charge in [0.25, 0.3) is 0 Å². The van der Waals surface area contributed by atoms with Gasteiger partial charge in [-0.1, -0.05) is 0 Å². The summed E-state index contributed by atoms with van der Waals surface area (Å²) in [6, 6.07) is -3.41. The maximum absolute atomic E-state index is 11.7. The Hall–Kier alpha value is -0.970. The van der Waals surface area contributed by atoms with Crippen molar-refractivity contribution in [3.05, 3.63) is 0 Å². The molecule has 0 saturated heterocycles.